The molecule has 2 aromatic rings. The maximum Gasteiger partial charge on any atom is 0.416 e. The van der Waals surface area contributed by atoms with Crippen LogP contribution < -0.4 is 10.6 Å². The highest BCUT2D eigenvalue weighted by molar-refractivity contribution is 5.92. The van der Waals surface area contributed by atoms with Crippen molar-refractivity contribution in [2.24, 2.45) is 11.7 Å². The van der Waals surface area contributed by atoms with Crippen molar-refractivity contribution >= 4 is 28.5 Å². The van der Waals surface area contributed by atoms with Gasteiger partial charge in [0.05, 0.1) is 23.7 Å². The Kier molecular flexibility index (Phi) is 7.24. The first-order valence-electron chi connectivity index (χ1n) is 13.1. The van der Waals surface area contributed by atoms with Crippen LogP contribution in [0.1, 0.15) is 50.5 Å². The number of hydrogen-bond acceptors (Lipinski definition) is 6. The molecule has 2 amide bonds. The molecule has 11 heteroatoms. The van der Waals surface area contributed by atoms with Crippen molar-refractivity contribution in [2.45, 2.75) is 63.2 Å². The fourth-order valence-corrected chi connectivity index (χ4v) is 6.04. The minimum Gasteiger partial charge on any atom is -0.368 e. The molecule has 8 nitrogen and oxygen atoms in total. The van der Waals surface area contributed by atoms with Gasteiger partial charge < -0.3 is 15.5 Å². The number of nitrogens with zero attached hydrogens (tertiary/aromatic N) is 5. The summed E-state index contributed by atoms with van der Waals surface area (Å²) in [5, 5.41) is 0.254. The highest BCUT2D eigenvalue weighted by atomic mass is 19.4. The van der Waals surface area contributed by atoms with Crippen LogP contribution in [-0.2, 0) is 15.8 Å². The predicted molar refractivity (Wildman–Crippen MR) is 133 cm³/mol. The van der Waals surface area contributed by atoms with Crippen LogP contribution in [0.25, 0.3) is 10.9 Å². The van der Waals surface area contributed by atoms with E-state index in [-0.39, 0.29) is 23.9 Å². The van der Waals surface area contributed by atoms with E-state index in [9.17, 15) is 22.8 Å². The summed E-state index contributed by atoms with van der Waals surface area (Å²) in [4.78, 5) is 38.6. The smallest absolute Gasteiger partial charge is 0.368 e. The zero-order valence-corrected chi connectivity index (χ0v) is 20.8. The van der Waals surface area contributed by atoms with Gasteiger partial charge in [0.15, 0.2) is 0 Å². The second kappa shape index (κ2) is 10.4. The molecule has 200 valence electrons. The zero-order chi connectivity index (χ0) is 26.2. The lowest BCUT2D eigenvalue weighted by Gasteiger charge is -2.50. The first kappa shape index (κ1) is 25.7. The maximum absolute atomic E-state index is 13.4. The van der Waals surface area contributed by atoms with Crippen LogP contribution in [0.5, 0.6) is 0 Å². The van der Waals surface area contributed by atoms with Gasteiger partial charge in [-0.05, 0) is 62.6 Å². The summed E-state index contributed by atoms with van der Waals surface area (Å²) < 4.78 is 40.1. The minimum absolute atomic E-state index is 0.0798. The van der Waals surface area contributed by atoms with Gasteiger partial charge in [0.1, 0.15) is 12.1 Å². The third-order valence-electron chi connectivity index (χ3n) is 8.10. The molecule has 1 aromatic carbocycles. The van der Waals surface area contributed by atoms with Crippen LogP contribution in [0.3, 0.4) is 0 Å². The Hall–Kier alpha value is -2.95. The first-order chi connectivity index (χ1) is 17.7. The standard InChI is InChI=1S/C26H33F3N6O2/c27-26(28,29)18-6-9-22-21(11-18)25(32-16-31-22)35(15-23(30)36)20-13-34(14-20)19-7-4-17(5-8-19)12-33-10-2-1-3-24(33)37/h6,9,11,16-17,19-20H,1-5,7-8,10,12-15H2,(H2,30,36). The molecule has 0 spiro atoms. The summed E-state index contributed by atoms with van der Waals surface area (Å²) in [6, 6.07) is 3.72. The number of carbonyl (C=O) groups excluding carboxylic acids is 2. The van der Waals surface area contributed by atoms with E-state index in [2.05, 4.69) is 14.9 Å². The van der Waals surface area contributed by atoms with Crippen LogP contribution in [0, 0.1) is 5.92 Å². The quantitative estimate of drug-likeness (QED) is 0.605. The Labute approximate surface area is 214 Å². The topological polar surface area (TPSA) is 95.7 Å². The lowest BCUT2D eigenvalue weighted by atomic mass is 9.83. The molecule has 0 radical (unpaired) electrons. The van der Waals surface area contributed by atoms with Crippen LogP contribution >= 0.6 is 0 Å². The van der Waals surface area contributed by atoms with Gasteiger partial charge in [0.25, 0.3) is 0 Å². The van der Waals surface area contributed by atoms with E-state index < -0.39 is 17.6 Å². The van der Waals surface area contributed by atoms with E-state index in [1.165, 1.54) is 12.4 Å². The summed E-state index contributed by atoms with van der Waals surface area (Å²) in [6.45, 7) is 3.00. The second-order valence-corrected chi connectivity index (χ2v) is 10.6. The van der Waals surface area contributed by atoms with Crippen molar-refractivity contribution in [3.05, 3.63) is 30.1 Å². The van der Waals surface area contributed by atoms with Gasteiger partial charge in [-0.1, -0.05) is 0 Å². The predicted octanol–water partition coefficient (Wildman–Crippen LogP) is 3.20. The molecule has 0 unspecified atom stereocenters. The largest absolute Gasteiger partial charge is 0.416 e. The summed E-state index contributed by atoms with van der Waals surface area (Å²) in [7, 11) is 0. The number of benzene rings is 1. The number of aromatic nitrogens is 2. The van der Waals surface area contributed by atoms with E-state index in [1.807, 2.05) is 4.90 Å². The van der Waals surface area contributed by atoms with Crippen molar-refractivity contribution in [3.63, 3.8) is 0 Å². The third kappa shape index (κ3) is 5.66. The van der Waals surface area contributed by atoms with Gasteiger partial charge >= 0.3 is 6.18 Å². The summed E-state index contributed by atoms with van der Waals surface area (Å²) >= 11 is 0. The van der Waals surface area contributed by atoms with Gasteiger partial charge in [-0.3, -0.25) is 14.5 Å². The fourth-order valence-electron chi connectivity index (χ4n) is 6.04. The molecule has 2 aliphatic heterocycles. The Morgan fingerprint density at radius 2 is 1.86 bits per heavy atom. The number of carbonyl (C=O) groups is 2. The highest BCUT2D eigenvalue weighted by Gasteiger charge is 2.39. The van der Waals surface area contributed by atoms with E-state index in [0.29, 0.717) is 42.8 Å². The molecule has 3 heterocycles. The number of hydrogen-bond donors (Lipinski definition) is 1. The number of halogens is 3. The number of nitrogens with two attached hydrogens (primary N) is 1. The highest BCUT2D eigenvalue weighted by Crippen LogP contribution is 2.36. The van der Waals surface area contributed by atoms with Gasteiger partial charge in [-0.2, -0.15) is 13.2 Å². The Morgan fingerprint density at radius 3 is 2.54 bits per heavy atom. The lowest BCUT2D eigenvalue weighted by molar-refractivity contribution is -0.137. The molecule has 0 atom stereocenters. The maximum atomic E-state index is 13.4. The van der Waals surface area contributed by atoms with Gasteiger partial charge in [0.2, 0.25) is 11.8 Å². The summed E-state index contributed by atoms with van der Waals surface area (Å²) in [6.07, 6.45) is 3.85. The lowest BCUT2D eigenvalue weighted by Crippen LogP contribution is -2.64. The van der Waals surface area contributed by atoms with Crippen molar-refractivity contribution in [1.82, 2.24) is 19.8 Å². The molecule has 2 saturated heterocycles. The van der Waals surface area contributed by atoms with E-state index in [0.717, 1.165) is 63.7 Å². The van der Waals surface area contributed by atoms with E-state index in [1.54, 1.807) is 4.90 Å². The molecule has 2 N–H and O–H groups in total. The minimum atomic E-state index is -4.50. The van der Waals surface area contributed by atoms with Crippen LogP contribution in [0.15, 0.2) is 24.5 Å². The normalized spacial score (nSPS) is 23.8. The Balaban J connectivity index is 1.24. The van der Waals surface area contributed by atoms with Crippen molar-refractivity contribution in [2.75, 3.05) is 37.6 Å². The molecular weight excluding hydrogens is 485 g/mol. The van der Waals surface area contributed by atoms with Crippen LogP contribution in [-0.4, -0.2) is 76.4 Å². The van der Waals surface area contributed by atoms with Crippen molar-refractivity contribution in [3.8, 4) is 0 Å². The number of alkyl halides is 3. The number of amides is 2. The average Bonchev–Trinajstić information content (AvgIpc) is 2.83. The molecule has 3 fully saturated rings. The SMILES string of the molecule is NC(=O)CN(c1ncnc2ccc(C(F)(F)F)cc12)C1CN(C2CCC(CN3CCCCC3=O)CC2)C1. The fraction of sp³-hybridized carbons (Fsp3) is 0.615. The van der Waals surface area contributed by atoms with Gasteiger partial charge in [-0.15, -0.1) is 0 Å². The number of anilines is 1. The number of likely N-dealkylation sites (tertiary alicyclic amines) is 2. The van der Waals surface area contributed by atoms with Gasteiger partial charge in [0, 0.05) is 44.0 Å². The van der Waals surface area contributed by atoms with E-state index in [4.69, 9.17) is 5.73 Å². The number of primary amides is 1. The zero-order valence-electron chi connectivity index (χ0n) is 20.8. The van der Waals surface area contributed by atoms with Crippen molar-refractivity contribution < 1.29 is 22.8 Å². The molecule has 1 aliphatic carbocycles. The summed E-state index contributed by atoms with van der Waals surface area (Å²) in [5.41, 5.74) is 5.12. The third-order valence-corrected chi connectivity index (χ3v) is 8.10. The Morgan fingerprint density at radius 1 is 1.11 bits per heavy atom. The number of fused-ring (bicyclic) bond motifs is 1. The number of rotatable bonds is 7. The molecule has 1 aromatic heterocycles. The first-order valence-corrected chi connectivity index (χ1v) is 13.1. The molecule has 3 aliphatic rings. The molecular formula is C26H33F3N6O2. The van der Waals surface area contributed by atoms with Gasteiger partial charge in [-0.25, -0.2) is 9.97 Å². The van der Waals surface area contributed by atoms with Crippen molar-refractivity contribution in [1.29, 1.82) is 0 Å². The monoisotopic (exact) mass is 518 g/mol. The summed E-state index contributed by atoms with van der Waals surface area (Å²) in [5.74, 6) is 0.560. The molecule has 37 heavy (non-hydrogen) atoms. The molecule has 1 saturated carbocycles. The molecule has 0 bridgehead atoms. The van der Waals surface area contributed by atoms with Crippen LogP contribution in [0.4, 0.5) is 19.0 Å². The molecule has 5 rings (SSSR count). The average molecular weight is 519 g/mol. The Bertz CT molecular complexity index is 1140. The second-order valence-electron chi connectivity index (χ2n) is 10.6. The number of piperidine rings is 1. The van der Waals surface area contributed by atoms with E-state index >= 15 is 0 Å². The van der Waals surface area contributed by atoms with Crippen LogP contribution in [0.2, 0.25) is 0 Å².